The van der Waals surface area contributed by atoms with Gasteiger partial charge in [0.05, 0.1) is 4.90 Å². The molecule has 11 heteroatoms. The monoisotopic (exact) mass is 495 g/mol. The smallest absolute Gasteiger partial charge is 0.341 e. The van der Waals surface area contributed by atoms with E-state index in [1.807, 2.05) is 0 Å². The zero-order valence-electron chi connectivity index (χ0n) is 18.2. The number of carbonyl (C=O) groups excluding carboxylic acids is 2. The number of hydrogen-bond acceptors (Lipinski definition) is 6. The molecular formula is C22H26ClN3O6S. The number of ether oxygens (including phenoxy) is 1. The van der Waals surface area contributed by atoms with Crippen molar-refractivity contribution >= 4 is 33.4 Å². The van der Waals surface area contributed by atoms with Gasteiger partial charge in [-0.1, -0.05) is 11.6 Å². The first kappa shape index (κ1) is 24.8. The van der Waals surface area contributed by atoms with Crippen LogP contribution in [0, 0.1) is 0 Å². The van der Waals surface area contributed by atoms with E-state index in [2.05, 4.69) is 5.32 Å². The van der Waals surface area contributed by atoms with Crippen molar-refractivity contribution in [2.45, 2.75) is 42.4 Å². The Hall–Kier alpha value is -2.82. The molecule has 1 aliphatic rings. The highest BCUT2D eigenvalue weighted by molar-refractivity contribution is 7.93. The lowest BCUT2D eigenvalue weighted by molar-refractivity contribution is -0.125. The first-order valence-corrected chi connectivity index (χ1v) is 12.2. The number of rotatable bonds is 6. The number of sulfone groups is 1. The maximum atomic E-state index is 13.7. The van der Waals surface area contributed by atoms with Gasteiger partial charge in [-0.15, -0.1) is 0 Å². The van der Waals surface area contributed by atoms with E-state index in [-0.39, 0.29) is 36.9 Å². The SMILES string of the molecule is CC(C)NC(=O)C1(S(=O)(=O)c2ccc(Oc3ccc(Cl)cc3)cc2)CCN(C(=O)NO)CC1. The van der Waals surface area contributed by atoms with E-state index in [0.717, 1.165) is 0 Å². The molecule has 0 aromatic heterocycles. The van der Waals surface area contributed by atoms with Gasteiger partial charge in [0.15, 0.2) is 14.6 Å². The second-order valence-corrected chi connectivity index (χ2v) is 10.8. The Morgan fingerprint density at radius 2 is 1.55 bits per heavy atom. The molecule has 0 spiro atoms. The van der Waals surface area contributed by atoms with Gasteiger partial charge in [-0.3, -0.25) is 10.0 Å². The van der Waals surface area contributed by atoms with Gasteiger partial charge in [0.2, 0.25) is 5.91 Å². The minimum Gasteiger partial charge on any atom is -0.457 e. The molecule has 3 amide bonds. The van der Waals surface area contributed by atoms with Crippen LogP contribution in [0.5, 0.6) is 11.5 Å². The maximum Gasteiger partial charge on any atom is 0.341 e. The molecule has 0 bridgehead atoms. The number of likely N-dealkylation sites (tertiary alicyclic amines) is 1. The molecule has 2 aromatic carbocycles. The lowest BCUT2D eigenvalue weighted by Gasteiger charge is -2.40. The van der Waals surface area contributed by atoms with Crippen molar-refractivity contribution in [2.24, 2.45) is 0 Å². The topological polar surface area (TPSA) is 125 Å². The summed E-state index contributed by atoms with van der Waals surface area (Å²) in [7, 11) is -4.13. The number of hydroxylamine groups is 1. The summed E-state index contributed by atoms with van der Waals surface area (Å²) in [5.41, 5.74) is 1.54. The highest BCUT2D eigenvalue weighted by Gasteiger charge is 2.53. The molecule has 0 aliphatic carbocycles. The summed E-state index contributed by atoms with van der Waals surface area (Å²) in [6.07, 6.45) is -0.214. The third-order valence-corrected chi connectivity index (χ3v) is 8.25. The summed E-state index contributed by atoms with van der Waals surface area (Å²) >= 11 is 5.87. The Morgan fingerprint density at radius 1 is 1.03 bits per heavy atom. The van der Waals surface area contributed by atoms with Gasteiger partial charge in [-0.25, -0.2) is 18.7 Å². The molecular weight excluding hydrogens is 470 g/mol. The highest BCUT2D eigenvalue weighted by Crippen LogP contribution is 2.37. The van der Waals surface area contributed by atoms with Gasteiger partial charge in [0.25, 0.3) is 0 Å². The highest BCUT2D eigenvalue weighted by atomic mass is 35.5. The second kappa shape index (κ2) is 9.98. The van der Waals surface area contributed by atoms with Crippen LogP contribution in [0.3, 0.4) is 0 Å². The third-order valence-electron chi connectivity index (χ3n) is 5.49. The van der Waals surface area contributed by atoms with Crippen molar-refractivity contribution in [1.82, 2.24) is 15.7 Å². The molecule has 1 saturated heterocycles. The lowest BCUT2D eigenvalue weighted by Crippen LogP contribution is -2.60. The van der Waals surface area contributed by atoms with Gasteiger partial charge in [-0.05, 0) is 75.2 Å². The molecule has 0 atom stereocenters. The molecule has 2 aromatic rings. The predicted molar refractivity (Wildman–Crippen MR) is 122 cm³/mol. The minimum absolute atomic E-state index is 0.00506. The van der Waals surface area contributed by atoms with E-state index >= 15 is 0 Å². The summed E-state index contributed by atoms with van der Waals surface area (Å²) < 4.78 is 31.4. The Bertz CT molecular complexity index is 1100. The fourth-order valence-corrected chi connectivity index (χ4v) is 5.80. The average molecular weight is 496 g/mol. The molecule has 33 heavy (non-hydrogen) atoms. The number of carbonyl (C=O) groups is 2. The van der Waals surface area contributed by atoms with E-state index < -0.39 is 26.5 Å². The van der Waals surface area contributed by atoms with Crippen molar-refractivity contribution in [1.29, 1.82) is 0 Å². The largest absolute Gasteiger partial charge is 0.457 e. The van der Waals surface area contributed by atoms with E-state index in [0.29, 0.717) is 16.5 Å². The third kappa shape index (κ3) is 5.23. The van der Waals surface area contributed by atoms with Gasteiger partial charge < -0.3 is 15.0 Å². The molecule has 1 aliphatic heterocycles. The van der Waals surface area contributed by atoms with Crippen LogP contribution in [-0.4, -0.2) is 54.3 Å². The summed E-state index contributed by atoms with van der Waals surface area (Å²) in [4.78, 5) is 26.1. The summed E-state index contributed by atoms with van der Waals surface area (Å²) in [5.74, 6) is 0.353. The molecule has 1 heterocycles. The van der Waals surface area contributed by atoms with Crippen molar-refractivity contribution in [2.75, 3.05) is 13.1 Å². The molecule has 178 valence electrons. The summed E-state index contributed by atoms with van der Waals surface area (Å²) in [6.45, 7) is 3.48. The number of nitrogens with zero attached hydrogens (tertiary/aromatic N) is 1. The van der Waals surface area contributed by atoms with Crippen LogP contribution in [0.1, 0.15) is 26.7 Å². The standard InChI is InChI=1S/C22H26ClN3O6S/c1-15(2)24-20(27)22(11-13-26(14-12-22)21(28)25-29)33(30,31)19-9-7-18(8-10-19)32-17-5-3-16(23)4-6-17/h3-10,15,29H,11-14H2,1-2H3,(H,24,27)(H,25,28). The number of piperidine rings is 1. The zero-order chi connectivity index (χ0) is 24.2. The summed E-state index contributed by atoms with van der Waals surface area (Å²) in [5, 5.41) is 12.2. The Kier molecular flexibility index (Phi) is 7.51. The maximum absolute atomic E-state index is 13.7. The van der Waals surface area contributed by atoms with E-state index in [9.17, 15) is 18.0 Å². The van der Waals surface area contributed by atoms with Crippen LogP contribution in [0.25, 0.3) is 0 Å². The summed E-state index contributed by atoms with van der Waals surface area (Å²) in [6, 6.07) is 11.6. The molecule has 0 radical (unpaired) electrons. The molecule has 0 saturated carbocycles. The Balaban J connectivity index is 1.89. The van der Waals surface area contributed by atoms with E-state index in [1.165, 1.54) is 34.6 Å². The number of hydrogen-bond donors (Lipinski definition) is 3. The predicted octanol–water partition coefficient (Wildman–Crippen LogP) is 3.36. The van der Waals surface area contributed by atoms with Crippen LogP contribution in [0.15, 0.2) is 53.4 Å². The Labute approximate surface area is 197 Å². The molecule has 1 fully saturated rings. The second-order valence-electron chi connectivity index (χ2n) is 8.06. The quantitative estimate of drug-likeness (QED) is 0.417. The molecule has 3 N–H and O–H groups in total. The van der Waals surface area contributed by atoms with Gasteiger partial charge >= 0.3 is 6.03 Å². The average Bonchev–Trinajstić information content (AvgIpc) is 2.80. The van der Waals surface area contributed by atoms with Crippen molar-refractivity contribution in [3.05, 3.63) is 53.6 Å². The van der Waals surface area contributed by atoms with Crippen LogP contribution in [-0.2, 0) is 14.6 Å². The molecule has 0 unspecified atom stereocenters. The number of benzene rings is 2. The van der Waals surface area contributed by atoms with Crippen molar-refractivity contribution in [3.8, 4) is 11.5 Å². The fourth-order valence-electron chi connectivity index (χ4n) is 3.70. The van der Waals surface area contributed by atoms with Gasteiger partial charge in [0, 0.05) is 24.2 Å². The van der Waals surface area contributed by atoms with E-state index in [1.54, 1.807) is 38.1 Å². The number of urea groups is 1. The van der Waals surface area contributed by atoms with Crippen LogP contribution >= 0.6 is 11.6 Å². The number of nitrogens with one attached hydrogen (secondary N) is 2. The zero-order valence-corrected chi connectivity index (χ0v) is 19.8. The number of amides is 3. The van der Waals surface area contributed by atoms with Gasteiger partial charge in [-0.2, -0.15) is 0 Å². The first-order valence-electron chi connectivity index (χ1n) is 10.4. The molecule has 9 nitrogen and oxygen atoms in total. The van der Waals surface area contributed by atoms with Crippen LogP contribution < -0.4 is 15.5 Å². The van der Waals surface area contributed by atoms with Crippen LogP contribution in [0.2, 0.25) is 5.02 Å². The molecule has 3 rings (SSSR count). The fraction of sp³-hybridized carbons (Fsp3) is 0.364. The minimum atomic E-state index is -4.13. The Morgan fingerprint density at radius 3 is 2.03 bits per heavy atom. The van der Waals surface area contributed by atoms with Gasteiger partial charge in [0.1, 0.15) is 11.5 Å². The van der Waals surface area contributed by atoms with Crippen molar-refractivity contribution < 1.29 is 28.0 Å². The lowest BCUT2D eigenvalue weighted by atomic mass is 9.94. The van der Waals surface area contributed by atoms with E-state index in [4.69, 9.17) is 21.5 Å². The van der Waals surface area contributed by atoms with Crippen molar-refractivity contribution in [3.63, 3.8) is 0 Å². The number of halogens is 1. The normalized spacial score (nSPS) is 15.7. The van der Waals surface area contributed by atoms with Crippen LogP contribution in [0.4, 0.5) is 4.79 Å². The first-order chi connectivity index (χ1) is 15.6.